The van der Waals surface area contributed by atoms with E-state index < -0.39 is 17.8 Å². The molecule has 0 atom stereocenters. The Morgan fingerprint density at radius 2 is 2.04 bits per heavy atom. The molecule has 0 aliphatic rings. The van der Waals surface area contributed by atoms with Gasteiger partial charge in [0.15, 0.2) is 12.4 Å². The molecule has 0 aliphatic carbocycles. The topological polar surface area (TPSA) is 97.6 Å². The van der Waals surface area contributed by atoms with E-state index in [1.54, 1.807) is 23.9 Å². The zero-order valence-electron chi connectivity index (χ0n) is 13.6. The van der Waals surface area contributed by atoms with Crippen LogP contribution in [0.1, 0.15) is 17.0 Å². The highest BCUT2D eigenvalue weighted by Gasteiger charge is 2.11. The van der Waals surface area contributed by atoms with Gasteiger partial charge in [0.1, 0.15) is 0 Å². The number of carbonyl (C=O) groups excluding carboxylic acids is 3. The molecule has 0 spiro atoms. The van der Waals surface area contributed by atoms with Crippen molar-refractivity contribution in [3.05, 3.63) is 48.4 Å². The number of hydrogen-bond donors (Lipinski definition) is 2. The first kappa shape index (κ1) is 18.6. The molecule has 2 rings (SSSR count). The van der Waals surface area contributed by atoms with Gasteiger partial charge in [0.2, 0.25) is 0 Å². The third kappa shape index (κ3) is 6.34. The SMILES string of the molecule is CSc1cccc(NC(=O)COC(=O)CCNC(=O)c2ccco2)c1. The van der Waals surface area contributed by atoms with Crippen molar-refractivity contribution in [2.75, 3.05) is 24.7 Å². The molecule has 2 amide bonds. The van der Waals surface area contributed by atoms with E-state index in [1.807, 2.05) is 24.5 Å². The van der Waals surface area contributed by atoms with Crippen LogP contribution in [0.25, 0.3) is 0 Å². The predicted octanol–water partition coefficient (Wildman–Crippen LogP) is 2.30. The number of rotatable bonds is 8. The average Bonchev–Trinajstić information content (AvgIpc) is 3.15. The average molecular weight is 362 g/mol. The molecule has 25 heavy (non-hydrogen) atoms. The lowest BCUT2D eigenvalue weighted by Crippen LogP contribution is -2.27. The molecule has 2 N–H and O–H groups in total. The fourth-order valence-electron chi connectivity index (χ4n) is 1.89. The van der Waals surface area contributed by atoms with E-state index in [0.717, 1.165) is 4.90 Å². The van der Waals surface area contributed by atoms with Crippen molar-refractivity contribution < 1.29 is 23.5 Å². The summed E-state index contributed by atoms with van der Waals surface area (Å²) in [6, 6.07) is 10.4. The first-order valence-corrected chi connectivity index (χ1v) is 8.72. The maximum atomic E-state index is 11.8. The van der Waals surface area contributed by atoms with Crippen LogP contribution < -0.4 is 10.6 Å². The maximum Gasteiger partial charge on any atom is 0.308 e. The molecule has 0 saturated carbocycles. The van der Waals surface area contributed by atoms with Gasteiger partial charge < -0.3 is 19.8 Å². The van der Waals surface area contributed by atoms with E-state index in [2.05, 4.69) is 10.6 Å². The largest absolute Gasteiger partial charge is 0.459 e. The van der Waals surface area contributed by atoms with Crippen LogP contribution in [0.15, 0.2) is 52.0 Å². The monoisotopic (exact) mass is 362 g/mol. The van der Waals surface area contributed by atoms with Crippen LogP contribution in [0.2, 0.25) is 0 Å². The van der Waals surface area contributed by atoms with Crippen LogP contribution in [0.5, 0.6) is 0 Å². The zero-order chi connectivity index (χ0) is 18.1. The minimum atomic E-state index is -0.576. The van der Waals surface area contributed by atoms with Crippen LogP contribution in [-0.2, 0) is 14.3 Å². The zero-order valence-corrected chi connectivity index (χ0v) is 14.4. The minimum Gasteiger partial charge on any atom is -0.459 e. The van der Waals surface area contributed by atoms with Gasteiger partial charge in [0, 0.05) is 17.1 Å². The summed E-state index contributed by atoms with van der Waals surface area (Å²) >= 11 is 1.56. The number of amides is 2. The molecular weight excluding hydrogens is 344 g/mol. The summed E-state index contributed by atoms with van der Waals surface area (Å²) < 4.78 is 9.80. The highest BCUT2D eigenvalue weighted by Crippen LogP contribution is 2.18. The van der Waals surface area contributed by atoms with Crippen LogP contribution in [0.4, 0.5) is 5.69 Å². The Morgan fingerprint density at radius 3 is 2.76 bits per heavy atom. The minimum absolute atomic E-state index is 0.0400. The molecule has 1 aromatic carbocycles. The summed E-state index contributed by atoms with van der Waals surface area (Å²) in [5.41, 5.74) is 0.638. The van der Waals surface area contributed by atoms with Gasteiger partial charge in [-0.1, -0.05) is 6.07 Å². The first-order chi connectivity index (χ1) is 12.1. The summed E-state index contributed by atoms with van der Waals surface area (Å²) in [6.45, 7) is -0.287. The Kier molecular flexibility index (Phi) is 7.09. The number of thioether (sulfide) groups is 1. The smallest absolute Gasteiger partial charge is 0.308 e. The Balaban J connectivity index is 1.65. The summed E-state index contributed by atoms with van der Waals surface area (Å²) in [6.07, 6.45) is 3.28. The van der Waals surface area contributed by atoms with E-state index in [4.69, 9.17) is 9.15 Å². The van der Waals surface area contributed by atoms with E-state index in [-0.39, 0.29) is 25.3 Å². The van der Waals surface area contributed by atoms with Gasteiger partial charge in [-0.2, -0.15) is 0 Å². The van der Waals surface area contributed by atoms with Crippen molar-refractivity contribution in [3.8, 4) is 0 Å². The number of furan rings is 1. The van der Waals surface area contributed by atoms with Gasteiger partial charge in [-0.3, -0.25) is 14.4 Å². The predicted molar refractivity (Wildman–Crippen MR) is 93.5 cm³/mol. The Hall–Kier alpha value is -2.74. The van der Waals surface area contributed by atoms with Crippen molar-refractivity contribution in [2.24, 2.45) is 0 Å². The highest BCUT2D eigenvalue weighted by molar-refractivity contribution is 7.98. The van der Waals surface area contributed by atoms with Crippen molar-refractivity contribution >= 4 is 35.2 Å². The van der Waals surface area contributed by atoms with E-state index in [1.165, 1.54) is 12.3 Å². The lowest BCUT2D eigenvalue weighted by molar-refractivity contribution is -0.147. The van der Waals surface area contributed by atoms with Gasteiger partial charge in [-0.05, 0) is 36.6 Å². The summed E-state index contributed by atoms with van der Waals surface area (Å²) in [7, 11) is 0. The molecule has 0 radical (unpaired) electrons. The molecule has 0 saturated heterocycles. The van der Waals surface area contributed by atoms with Gasteiger partial charge in [-0.15, -0.1) is 11.8 Å². The number of ether oxygens (including phenoxy) is 1. The lowest BCUT2D eigenvalue weighted by atomic mass is 10.3. The number of anilines is 1. The van der Waals surface area contributed by atoms with Crippen molar-refractivity contribution in [2.45, 2.75) is 11.3 Å². The fourth-order valence-corrected chi connectivity index (χ4v) is 2.35. The maximum absolute atomic E-state index is 11.8. The Bertz CT molecular complexity index is 730. The number of carbonyl (C=O) groups is 3. The van der Waals surface area contributed by atoms with Gasteiger partial charge in [-0.25, -0.2) is 0 Å². The molecular formula is C17H18N2O5S. The molecule has 2 aromatic rings. The molecule has 0 aliphatic heterocycles. The van der Waals surface area contributed by atoms with E-state index in [9.17, 15) is 14.4 Å². The summed E-state index contributed by atoms with van der Waals surface area (Å²) in [5, 5.41) is 5.17. The number of benzene rings is 1. The number of esters is 1. The normalized spacial score (nSPS) is 10.1. The molecule has 8 heteroatoms. The number of hydrogen-bond acceptors (Lipinski definition) is 6. The van der Waals surface area contributed by atoms with E-state index >= 15 is 0 Å². The lowest BCUT2D eigenvalue weighted by Gasteiger charge is -2.08. The summed E-state index contributed by atoms with van der Waals surface area (Å²) in [5.74, 6) is -1.25. The molecule has 0 bridgehead atoms. The second-order valence-electron chi connectivity index (χ2n) is 4.92. The Morgan fingerprint density at radius 1 is 1.20 bits per heavy atom. The van der Waals surface area contributed by atoms with E-state index in [0.29, 0.717) is 5.69 Å². The fraction of sp³-hybridized carbons (Fsp3) is 0.235. The van der Waals surface area contributed by atoms with Crippen LogP contribution in [-0.4, -0.2) is 37.2 Å². The number of nitrogens with one attached hydrogen (secondary N) is 2. The van der Waals surface area contributed by atoms with Crippen LogP contribution in [0.3, 0.4) is 0 Å². The molecule has 1 heterocycles. The standard InChI is InChI=1S/C17H18N2O5S/c1-25-13-5-2-4-12(10-13)19-15(20)11-24-16(21)7-8-18-17(22)14-6-3-9-23-14/h2-6,9-10H,7-8,11H2,1H3,(H,18,22)(H,19,20). The van der Waals surface area contributed by atoms with Gasteiger partial charge >= 0.3 is 5.97 Å². The van der Waals surface area contributed by atoms with Crippen molar-refractivity contribution in [1.82, 2.24) is 5.32 Å². The summed E-state index contributed by atoms with van der Waals surface area (Å²) in [4.78, 5) is 36.0. The molecule has 7 nitrogen and oxygen atoms in total. The second kappa shape index (κ2) is 9.53. The molecule has 0 fully saturated rings. The van der Waals surface area contributed by atoms with Crippen molar-refractivity contribution in [1.29, 1.82) is 0 Å². The van der Waals surface area contributed by atoms with Crippen molar-refractivity contribution in [3.63, 3.8) is 0 Å². The van der Waals surface area contributed by atoms with Gasteiger partial charge in [0.25, 0.3) is 11.8 Å². The Labute approximate surface area is 149 Å². The molecule has 132 valence electrons. The quantitative estimate of drug-likeness (QED) is 0.552. The third-order valence-electron chi connectivity index (χ3n) is 3.08. The van der Waals surface area contributed by atoms with Gasteiger partial charge in [0.05, 0.1) is 12.7 Å². The third-order valence-corrected chi connectivity index (χ3v) is 3.80. The molecule has 0 unspecified atom stereocenters. The first-order valence-electron chi connectivity index (χ1n) is 7.49. The van der Waals surface area contributed by atoms with Crippen LogP contribution >= 0.6 is 11.8 Å². The second-order valence-corrected chi connectivity index (χ2v) is 5.80. The van der Waals surface area contributed by atoms with Crippen LogP contribution in [0, 0.1) is 0 Å². The molecule has 1 aromatic heterocycles. The highest BCUT2D eigenvalue weighted by atomic mass is 32.2.